The minimum atomic E-state index is -1.05. The van der Waals surface area contributed by atoms with Crippen molar-refractivity contribution in [1.29, 1.82) is 0 Å². The lowest BCUT2D eigenvalue weighted by molar-refractivity contribution is 0.0687. The van der Waals surface area contributed by atoms with Crippen LogP contribution in [0.2, 0.25) is 10.0 Å². The van der Waals surface area contributed by atoms with Crippen LogP contribution in [-0.4, -0.2) is 15.6 Å². The van der Waals surface area contributed by atoms with Crippen molar-refractivity contribution < 1.29 is 9.90 Å². The second kappa shape index (κ2) is 3.43. The van der Waals surface area contributed by atoms with Crippen molar-refractivity contribution in [3.05, 3.63) is 33.9 Å². The maximum Gasteiger partial charge on any atom is 0.354 e. The van der Waals surface area contributed by atoms with Crippen molar-refractivity contribution in [2.24, 2.45) is 7.05 Å². The number of carboxylic acid groups (broad SMARTS) is 1. The lowest BCUT2D eigenvalue weighted by Gasteiger charge is -1.98. The molecule has 1 aromatic carbocycles. The van der Waals surface area contributed by atoms with E-state index in [0.29, 0.717) is 10.4 Å². The van der Waals surface area contributed by atoms with Crippen LogP contribution in [0.3, 0.4) is 0 Å². The topological polar surface area (TPSA) is 42.2 Å². The Balaban J connectivity index is 2.91. The van der Waals surface area contributed by atoms with Gasteiger partial charge in [0, 0.05) is 17.5 Å². The predicted molar refractivity (Wildman–Crippen MR) is 59.9 cm³/mol. The molecule has 0 saturated carbocycles. The van der Waals surface area contributed by atoms with Crippen molar-refractivity contribution in [2.75, 3.05) is 0 Å². The third-order valence-corrected chi connectivity index (χ3v) is 2.92. The summed E-state index contributed by atoms with van der Waals surface area (Å²) in [5.41, 5.74) is 0.829. The quantitative estimate of drug-likeness (QED) is 0.836. The highest BCUT2D eigenvalue weighted by Crippen LogP contribution is 2.31. The molecular formula is C10H7Cl2NO2. The second-order valence-electron chi connectivity index (χ2n) is 3.19. The van der Waals surface area contributed by atoms with Gasteiger partial charge in [0.2, 0.25) is 0 Å². The molecule has 0 unspecified atom stereocenters. The van der Waals surface area contributed by atoms with Gasteiger partial charge in [-0.3, -0.25) is 0 Å². The van der Waals surface area contributed by atoms with Gasteiger partial charge in [0.15, 0.2) is 0 Å². The van der Waals surface area contributed by atoms with E-state index in [4.69, 9.17) is 28.3 Å². The molecule has 2 rings (SSSR count). The average Bonchev–Trinajstić information content (AvgIpc) is 2.39. The van der Waals surface area contributed by atoms with Crippen LogP contribution in [0.1, 0.15) is 10.5 Å². The summed E-state index contributed by atoms with van der Waals surface area (Å²) in [5.74, 6) is -1.05. The number of aromatic carboxylic acids is 1. The van der Waals surface area contributed by atoms with Crippen LogP contribution in [0.4, 0.5) is 0 Å². The van der Waals surface area contributed by atoms with Crippen LogP contribution >= 0.6 is 23.2 Å². The minimum Gasteiger partial charge on any atom is -0.477 e. The number of benzene rings is 1. The maximum atomic E-state index is 11.0. The number of fused-ring (bicyclic) bond motifs is 1. The molecule has 0 aliphatic rings. The van der Waals surface area contributed by atoms with Gasteiger partial charge < -0.3 is 9.67 Å². The molecule has 0 spiro atoms. The van der Waals surface area contributed by atoms with E-state index in [0.717, 1.165) is 5.52 Å². The van der Waals surface area contributed by atoms with Crippen molar-refractivity contribution in [1.82, 2.24) is 4.57 Å². The molecule has 0 atom stereocenters. The molecule has 0 aliphatic heterocycles. The fourth-order valence-electron chi connectivity index (χ4n) is 1.61. The van der Waals surface area contributed by atoms with Gasteiger partial charge in [-0.1, -0.05) is 23.2 Å². The molecule has 1 heterocycles. The van der Waals surface area contributed by atoms with E-state index in [1.807, 2.05) is 0 Å². The Labute approximate surface area is 95.8 Å². The molecule has 5 heteroatoms. The molecular weight excluding hydrogens is 237 g/mol. The van der Waals surface area contributed by atoms with Gasteiger partial charge in [0.1, 0.15) is 5.69 Å². The number of rotatable bonds is 1. The van der Waals surface area contributed by atoms with Gasteiger partial charge in [0.25, 0.3) is 0 Å². The molecule has 1 N–H and O–H groups in total. The summed E-state index contributed by atoms with van der Waals surface area (Å²) >= 11 is 11.8. The van der Waals surface area contributed by atoms with Crippen LogP contribution in [0.15, 0.2) is 18.2 Å². The molecule has 78 valence electrons. The third kappa shape index (κ3) is 1.48. The highest BCUT2D eigenvalue weighted by molar-refractivity contribution is 6.39. The first-order valence-corrected chi connectivity index (χ1v) is 4.94. The van der Waals surface area contributed by atoms with Crippen molar-refractivity contribution in [3.63, 3.8) is 0 Å². The summed E-state index contributed by atoms with van der Waals surface area (Å²) in [6.07, 6.45) is 0. The SMILES string of the molecule is Cn1c(C(=O)O)c(Cl)c2cc(Cl)ccc21. The van der Waals surface area contributed by atoms with Gasteiger partial charge in [0.05, 0.1) is 10.5 Å². The summed E-state index contributed by atoms with van der Waals surface area (Å²) in [5, 5.41) is 10.4. The monoisotopic (exact) mass is 243 g/mol. The zero-order valence-corrected chi connectivity index (χ0v) is 9.30. The number of nitrogens with zero attached hydrogens (tertiary/aromatic N) is 1. The van der Waals surface area contributed by atoms with Crippen LogP contribution in [-0.2, 0) is 7.05 Å². The fraction of sp³-hybridized carbons (Fsp3) is 0.100. The Hall–Kier alpha value is -1.19. The first-order valence-electron chi connectivity index (χ1n) is 4.19. The maximum absolute atomic E-state index is 11.0. The summed E-state index contributed by atoms with van der Waals surface area (Å²) in [6.45, 7) is 0. The Morgan fingerprint density at radius 1 is 1.40 bits per heavy atom. The number of hydrogen-bond acceptors (Lipinski definition) is 1. The number of halogens is 2. The van der Waals surface area contributed by atoms with Crippen molar-refractivity contribution in [2.45, 2.75) is 0 Å². The van der Waals surface area contributed by atoms with E-state index in [9.17, 15) is 4.79 Å². The normalized spacial score (nSPS) is 10.9. The van der Waals surface area contributed by atoms with Crippen LogP contribution in [0, 0.1) is 0 Å². The molecule has 0 bridgehead atoms. The lowest BCUT2D eigenvalue weighted by Crippen LogP contribution is -2.04. The van der Waals surface area contributed by atoms with E-state index in [-0.39, 0.29) is 10.7 Å². The Morgan fingerprint density at radius 3 is 2.67 bits per heavy atom. The summed E-state index contributed by atoms with van der Waals surface area (Å²) in [7, 11) is 1.66. The average molecular weight is 244 g/mol. The predicted octanol–water partition coefficient (Wildman–Crippen LogP) is 3.18. The van der Waals surface area contributed by atoms with E-state index in [2.05, 4.69) is 0 Å². The molecule has 0 aliphatic carbocycles. The first-order chi connectivity index (χ1) is 7.02. The van der Waals surface area contributed by atoms with Crippen LogP contribution in [0.25, 0.3) is 10.9 Å². The molecule has 2 aromatic rings. The third-order valence-electron chi connectivity index (χ3n) is 2.30. The van der Waals surface area contributed by atoms with Gasteiger partial charge >= 0.3 is 5.97 Å². The van der Waals surface area contributed by atoms with Crippen LogP contribution < -0.4 is 0 Å². The molecule has 15 heavy (non-hydrogen) atoms. The number of carboxylic acids is 1. The van der Waals surface area contributed by atoms with Gasteiger partial charge in [-0.15, -0.1) is 0 Å². The first kappa shape index (κ1) is 10.3. The smallest absolute Gasteiger partial charge is 0.354 e. The van der Waals surface area contributed by atoms with E-state index in [1.54, 1.807) is 25.2 Å². The lowest BCUT2D eigenvalue weighted by atomic mass is 10.2. The molecule has 1 aromatic heterocycles. The molecule has 0 radical (unpaired) electrons. The molecule has 0 amide bonds. The molecule has 0 saturated heterocycles. The number of hydrogen-bond donors (Lipinski definition) is 1. The van der Waals surface area contributed by atoms with E-state index < -0.39 is 5.97 Å². The van der Waals surface area contributed by atoms with Crippen molar-refractivity contribution in [3.8, 4) is 0 Å². The highest BCUT2D eigenvalue weighted by Gasteiger charge is 2.18. The highest BCUT2D eigenvalue weighted by atomic mass is 35.5. The van der Waals surface area contributed by atoms with Gasteiger partial charge in [-0.25, -0.2) is 4.79 Å². The Bertz CT molecular complexity index is 560. The second-order valence-corrected chi connectivity index (χ2v) is 4.00. The zero-order chi connectivity index (χ0) is 11.2. The Kier molecular flexibility index (Phi) is 2.37. The standard InChI is InChI=1S/C10H7Cl2NO2/c1-13-7-3-2-5(11)4-6(7)8(12)9(13)10(14)15/h2-4H,1H3,(H,14,15). The van der Waals surface area contributed by atoms with Crippen molar-refractivity contribution >= 4 is 40.1 Å². The largest absolute Gasteiger partial charge is 0.477 e. The van der Waals surface area contributed by atoms with Crippen LogP contribution in [0.5, 0.6) is 0 Å². The summed E-state index contributed by atoms with van der Waals surface area (Å²) in [6, 6.07) is 5.10. The Morgan fingerprint density at radius 2 is 2.07 bits per heavy atom. The number of carbonyl (C=O) groups is 1. The summed E-state index contributed by atoms with van der Waals surface area (Å²) < 4.78 is 1.54. The van der Waals surface area contributed by atoms with E-state index >= 15 is 0 Å². The van der Waals surface area contributed by atoms with Gasteiger partial charge in [-0.05, 0) is 18.2 Å². The molecule has 0 fully saturated rings. The zero-order valence-electron chi connectivity index (χ0n) is 7.79. The minimum absolute atomic E-state index is 0.0777. The fourth-order valence-corrected chi connectivity index (χ4v) is 2.14. The van der Waals surface area contributed by atoms with E-state index in [1.165, 1.54) is 4.57 Å². The summed E-state index contributed by atoms with van der Waals surface area (Å²) in [4.78, 5) is 11.0. The number of aryl methyl sites for hydroxylation is 1. The van der Waals surface area contributed by atoms with Gasteiger partial charge in [-0.2, -0.15) is 0 Å². The number of aromatic nitrogens is 1. The molecule has 3 nitrogen and oxygen atoms in total.